The van der Waals surface area contributed by atoms with Crippen LogP contribution >= 0.6 is 15.9 Å². The topological polar surface area (TPSA) is 96.9 Å². The number of carboxylic acid groups (broad SMARTS) is 1. The number of halogens is 1. The van der Waals surface area contributed by atoms with Crippen molar-refractivity contribution in [2.24, 2.45) is 0 Å². The van der Waals surface area contributed by atoms with E-state index in [0.29, 0.717) is 11.4 Å². The molecule has 0 aliphatic heterocycles. The van der Waals surface area contributed by atoms with Crippen molar-refractivity contribution in [1.29, 1.82) is 0 Å². The van der Waals surface area contributed by atoms with Crippen molar-refractivity contribution in [2.45, 2.75) is 0 Å². The zero-order chi connectivity index (χ0) is 15.0. The summed E-state index contributed by atoms with van der Waals surface area (Å²) in [6.07, 6.45) is 0. The molecule has 0 heterocycles. The average Bonchev–Trinajstić information content (AvgIpc) is 2.38. The Hall–Kier alpha value is -1.80. The fraction of sp³-hybridized carbons (Fsp3) is 0.333. The maximum atomic E-state index is 11.6. The van der Waals surface area contributed by atoms with Crippen LogP contribution in [0.5, 0.6) is 5.75 Å². The van der Waals surface area contributed by atoms with Crippen LogP contribution in [0.15, 0.2) is 22.7 Å². The first-order valence-corrected chi connectivity index (χ1v) is 6.50. The van der Waals surface area contributed by atoms with Crippen LogP contribution in [0.4, 0.5) is 10.5 Å². The molecule has 0 fully saturated rings. The van der Waals surface area contributed by atoms with Crippen molar-refractivity contribution >= 4 is 33.6 Å². The molecule has 1 aromatic rings. The molecule has 2 amide bonds. The number of benzene rings is 1. The lowest BCUT2D eigenvalue weighted by Gasteiger charge is -2.11. The molecular formula is C12H15BrN2O5. The molecule has 0 spiro atoms. The largest absolute Gasteiger partial charge is 0.495 e. The van der Waals surface area contributed by atoms with Crippen LogP contribution in [-0.2, 0) is 9.53 Å². The number of amides is 2. The van der Waals surface area contributed by atoms with Gasteiger partial charge in [-0.3, -0.25) is 0 Å². The van der Waals surface area contributed by atoms with E-state index in [9.17, 15) is 9.59 Å². The number of hydrogen-bond acceptors (Lipinski definition) is 4. The van der Waals surface area contributed by atoms with E-state index >= 15 is 0 Å². The minimum absolute atomic E-state index is 0.120. The molecule has 0 bridgehead atoms. The summed E-state index contributed by atoms with van der Waals surface area (Å²) in [5.41, 5.74) is 0.519. The molecule has 0 aliphatic carbocycles. The lowest BCUT2D eigenvalue weighted by molar-refractivity contribution is -0.142. The number of nitrogens with one attached hydrogen (secondary N) is 2. The van der Waals surface area contributed by atoms with E-state index in [1.165, 1.54) is 7.11 Å². The molecule has 0 radical (unpaired) electrons. The number of carbonyl (C=O) groups is 2. The first-order valence-electron chi connectivity index (χ1n) is 5.71. The third-order valence-corrected chi connectivity index (χ3v) is 2.66. The second kappa shape index (κ2) is 8.39. The van der Waals surface area contributed by atoms with Gasteiger partial charge in [-0.05, 0) is 18.2 Å². The number of carboxylic acids is 1. The van der Waals surface area contributed by atoms with E-state index in [-0.39, 0.29) is 19.8 Å². The molecule has 0 aromatic heterocycles. The number of rotatable bonds is 7. The molecular weight excluding hydrogens is 332 g/mol. The van der Waals surface area contributed by atoms with Crippen molar-refractivity contribution in [3.05, 3.63) is 22.7 Å². The molecule has 3 N–H and O–H groups in total. The standard InChI is InChI=1S/C12H15BrN2O5/c1-19-10-3-2-8(13)6-9(10)15-12(18)14-4-5-20-7-11(16)17/h2-3,6H,4-5,7H2,1H3,(H,16,17)(H2,14,15,18). The van der Waals surface area contributed by atoms with Gasteiger partial charge in [0.15, 0.2) is 0 Å². The van der Waals surface area contributed by atoms with Gasteiger partial charge >= 0.3 is 12.0 Å². The lowest BCUT2D eigenvalue weighted by atomic mass is 10.3. The quantitative estimate of drug-likeness (QED) is 0.652. The zero-order valence-corrected chi connectivity index (χ0v) is 12.4. The number of urea groups is 1. The Morgan fingerprint density at radius 3 is 2.80 bits per heavy atom. The van der Waals surface area contributed by atoms with Gasteiger partial charge in [-0.2, -0.15) is 0 Å². The number of hydrogen-bond donors (Lipinski definition) is 3. The van der Waals surface area contributed by atoms with Crippen LogP contribution in [0.2, 0.25) is 0 Å². The van der Waals surface area contributed by atoms with Crippen molar-refractivity contribution in [3.8, 4) is 5.75 Å². The van der Waals surface area contributed by atoms with E-state index in [1.54, 1.807) is 18.2 Å². The van der Waals surface area contributed by atoms with Crippen LogP contribution in [0, 0.1) is 0 Å². The van der Waals surface area contributed by atoms with Crippen LogP contribution in [-0.4, -0.2) is 44.0 Å². The number of carbonyl (C=O) groups excluding carboxylic acids is 1. The fourth-order valence-corrected chi connectivity index (χ4v) is 1.70. The first-order chi connectivity index (χ1) is 9.52. The van der Waals surface area contributed by atoms with Crippen LogP contribution in [0.3, 0.4) is 0 Å². The van der Waals surface area contributed by atoms with Gasteiger partial charge in [0.1, 0.15) is 12.4 Å². The van der Waals surface area contributed by atoms with Crippen molar-refractivity contribution in [1.82, 2.24) is 5.32 Å². The number of methoxy groups -OCH3 is 1. The molecule has 1 rings (SSSR count). The van der Waals surface area contributed by atoms with E-state index in [1.807, 2.05) is 0 Å². The Morgan fingerprint density at radius 2 is 2.15 bits per heavy atom. The molecule has 20 heavy (non-hydrogen) atoms. The molecule has 0 saturated carbocycles. The molecule has 1 aromatic carbocycles. The molecule has 8 heteroatoms. The zero-order valence-electron chi connectivity index (χ0n) is 10.8. The van der Waals surface area contributed by atoms with Crippen molar-refractivity contribution in [3.63, 3.8) is 0 Å². The third kappa shape index (κ3) is 5.89. The average molecular weight is 347 g/mol. The molecule has 0 unspecified atom stereocenters. The van der Waals surface area contributed by atoms with Crippen molar-refractivity contribution < 1.29 is 24.2 Å². The summed E-state index contributed by atoms with van der Waals surface area (Å²) in [5.74, 6) is -0.515. The van der Waals surface area contributed by atoms with Crippen LogP contribution < -0.4 is 15.4 Å². The molecule has 7 nitrogen and oxygen atoms in total. The minimum atomic E-state index is -1.05. The predicted octanol–water partition coefficient (Wildman–Crippen LogP) is 1.68. The Labute approximate surface area is 124 Å². The lowest BCUT2D eigenvalue weighted by Crippen LogP contribution is -2.32. The van der Waals surface area contributed by atoms with Gasteiger partial charge in [-0.25, -0.2) is 9.59 Å². The molecule has 0 atom stereocenters. The second-order valence-corrected chi connectivity index (χ2v) is 4.59. The highest BCUT2D eigenvalue weighted by Crippen LogP contribution is 2.27. The number of ether oxygens (including phenoxy) is 2. The fourth-order valence-electron chi connectivity index (χ4n) is 1.34. The van der Waals surface area contributed by atoms with E-state index in [2.05, 4.69) is 26.6 Å². The highest BCUT2D eigenvalue weighted by Gasteiger charge is 2.07. The Kier molecular flexibility index (Phi) is 6.82. The SMILES string of the molecule is COc1ccc(Br)cc1NC(=O)NCCOCC(=O)O. The maximum Gasteiger partial charge on any atom is 0.329 e. The first kappa shape index (κ1) is 16.3. The van der Waals surface area contributed by atoms with Gasteiger partial charge in [0.2, 0.25) is 0 Å². The van der Waals surface area contributed by atoms with Gasteiger partial charge in [0.05, 0.1) is 19.4 Å². The Morgan fingerprint density at radius 1 is 1.40 bits per heavy atom. The van der Waals surface area contributed by atoms with Gasteiger partial charge in [0.25, 0.3) is 0 Å². The normalized spacial score (nSPS) is 9.90. The summed E-state index contributed by atoms with van der Waals surface area (Å²) in [6, 6.07) is 4.79. The van der Waals surface area contributed by atoms with Gasteiger partial charge in [-0.1, -0.05) is 15.9 Å². The highest BCUT2D eigenvalue weighted by atomic mass is 79.9. The molecule has 0 saturated heterocycles. The van der Waals surface area contributed by atoms with E-state index in [4.69, 9.17) is 14.6 Å². The second-order valence-electron chi connectivity index (χ2n) is 3.67. The minimum Gasteiger partial charge on any atom is -0.495 e. The summed E-state index contributed by atoms with van der Waals surface area (Å²) in [7, 11) is 1.51. The summed E-state index contributed by atoms with van der Waals surface area (Å²) in [5, 5.41) is 13.5. The highest BCUT2D eigenvalue weighted by molar-refractivity contribution is 9.10. The monoisotopic (exact) mass is 346 g/mol. The summed E-state index contributed by atoms with van der Waals surface area (Å²) in [4.78, 5) is 21.8. The maximum absolute atomic E-state index is 11.6. The summed E-state index contributed by atoms with van der Waals surface area (Å²) in [6.45, 7) is -0.0620. The van der Waals surface area contributed by atoms with E-state index in [0.717, 1.165) is 4.47 Å². The van der Waals surface area contributed by atoms with Crippen LogP contribution in [0.1, 0.15) is 0 Å². The van der Waals surface area contributed by atoms with Crippen LogP contribution in [0.25, 0.3) is 0 Å². The van der Waals surface area contributed by atoms with Gasteiger partial charge in [-0.15, -0.1) is 0 Å². The summed E-state index contributed by atoms with van der Waals surface area (Å²) < 4.78 is 10.7. The molecule has 110 valence electrons. The van der Waals surface area contributed by atoms with Crippen molar-refractivity contribution in [2.75, 3.05) is 32.2 Å². The smallest absolute Gasteiger partial charge is 0.329 e. The molecule has 0 aliphatic rings. The summed E-state index contributed by atoms with van der Waals surface area (Å²) >= 11 is 3.30. The Balaban J connectivity index is 2.38. The third-order valence-electron chi connectivity index (χ3n) is 2.17. The Bertz CT molecular complexity index is 481. The predicted molar refractivity (Wildman–Crippen MR) is 76.2 cm³/mol. The van der Waals surface area contributed by atoms with E-state index < -0.39 is 12.0 Å². The number of anilines is 1. The van der Waals surface area contributed by atoms with Gasteiger partial charge < -0.3 is 25.2 Å². The van der Waals surface area contributed by atoms with Gasteiger partial charge in [0, 0.05) is 11.0 Å². The number of aliphatic carboxylic acids is 1.